The number of ketones is 1. The number of hydrogen-bond acceptors (Lipinski definition) is 21. The number of benzene rings is 13. The van der Waals surface area contributed by atoms with Gasteiger partial charge in [-0.25, -0.2) is 45.3 Å². The average molecular weight is 2080 g/mol. The third-order valence-electron chi connectivity index (χ3n) is 22.7. The van der Waals surface area contributed by atoms with E-state index in [0.717, 1.165) is 117 Å². The molecule has 0 spiro atoms. The normalized spacial score (nSPS) is 12.1. The summed E-state index contributed by atoms with van der Waals surface area (Å²) >= 11 is 0. The molecule has 0 bridgehead atoms. The lowest BCUT2D eigenvalue weighted by molar-refractivity contribution is -0.141. The smallest absolute Gasteiger partial charge is 0.416 e. The Morgan fingerprint density at radius 2 is 1.01 bits per heavy atom. The van der Waals surface area contributed by atoms with E-state index in [2.05, 4.69) is 65.6 Å². The molecule has 1 aliphatic rings. The second-order valence-corrected chi connectivity index (χ2v) is 36.0. The molecule has 0 radical (unpaired) electrons. The molecule has 149 heavy (non-hydrogen) atoms. The van der Waals surface area contributed by atoms with Gasteiger partial charge >= 0.3 is 30.3 Å². The highest BCUT2D eigenvalue weighted by atomic mass is 32.2. The molecule has 15 rings (SSSR count). The summed E-state index contributed by atoms with van der Waals surface area (Å²) in [6.45, 7) is 14.3. The summed E-state index contributed by atoms with van der Waals surface area (Å²) in [5.74, 6) is 1.19. The quantitative estimate of drug-likeness (QED) is 0.0122. The highest BCUT2D eigenvalue weighted by Crippen LogP contribution is 2.40. The number of amides is 2. The van der Waals surface area contributed by atoms with Gasteiger partial charge in [0, 0.05) is 88.4 Å². The second-order valence-electron chi connectivity index (χ2n) is 34.3. The maximum Gasteiger partial charge on any atom is 0.416 e. The highest BCUT2D eigenvalue weighted by Gasteiger charge is 2.35. The number of aromatic nitrogens is 1. The van der Waals surface area contributed by atoms with E-state index in [-0.39, 0.29) is 102 Å². The number of carbonyl (C=O) groups excluding carboxylic acids is 4. The third kappa shape index (κ3) is 37.7. The number of aryl methyl sites for hydroxylation is 1. The molecule has 14 aromatic rings. The summed E-state index contributed by atoms with van der Waals surface area (Å²) < 4.78 is 218. The number of carbonyl (C=O) groups is 4. The lowest BCUT2D eigenvalue weighted by Gasteiger charge is -2.34. The molecule has 784 valence electrons. The fourth-order valence-corrected chi connectivity index (χ4v) is 15.1. The Bertz CT molecular complexity index is 6670. The van der Waals surface area contributed by atoms with Gasteiger partial charge in [-0.1, -0.05) is 143 Å². The van der Waals surface area contributed by atoms with Crippen molar-refractivity contribution in [1.82, 2.24) is 19.9 Å². The molecule has 23 nitrogen and oxygen atoms in total. The van der Waals surface area contributed by atoms with Crippen molar-refractivity contribution in [2.45, 2.75) is 135 Å². The van der Waals surface area contributed by atoms with E-state index in [0.29, 0.717) is 76.1 Å². The van der Waals surface area contributed by atoms with Crippen LogP contribution in [0.1, 0.15) is 123 Å². The number of anilines is 1. The molecule has 34 heteroatoms. The van der Waals surface area contributed by atoms with Gasteiger partial charge in [0.1, 0.15) is 93.2 Å². The molecule has 1 unspecified atom stereocenters. The number of methoxy groups -OCH3 is 2. The van der Waals surface area contributed by atoms with Crippen LogP contribution >= 0.6 is 0 Å². The van der Waals surface area contributed by atoms with E-state index in [1.165, 1.54) is 66.8 Å². The van der Waals surface area contributed by atoms with E-state index in [1.54, 1.807) is 104 Å². The molecule has 1 atom stereocenters. The molecular weight excluding hydrogens is 1960 g/mol. The van der Waals surface area contributed by atoms with Crippen LogP contribution in [0.3, 0.4) is 0 Å². The zero-order valence-electron chi connectivity index (χ0n) is 82.2. The first kappa shape index (κ1) is 115. The average Bonchev–Trinajstić information content (AvgIpc) is 0.812. The number of sulfonamides is 1. The summed E-state index contributed by atoms with van der Waals surface area (Å²) in [5, 5.41) is 5.27. The summed E-state index contributed by atoms with van der Waals surface area (Å²) in [6, 6.07) is 88.6. The van der Waals surface area contributed by atoms with Gasteiger partial charge in [-0.05, 0) is 273 Å². The maximum atomic E-state index is 13.3. The van der Waals surface area contributed by atoms with Crippen molar-refractivity contribution in [3.8, 4) is 91.8 Å². The number of nitrogens with one attached hydrogen (secondary N) is 3. The minimum absolute atomic E-state index is 0. The Morgan fingerprint density at radius 3 is 1.52 bits per heavy atom. The zero-order chi connectivity index (χ0) is 106. The molecule has 0 aliphatic carbocycles. The Hall–Kier alpha value is -15.6. The molecular formula is C115H116F10N6O17S. The fraction of sp³-hybridized carbons (Fsp3) is 0.243. The predicted molar refractivity (Wildman–Crippen MR) is 549 cm³/mol. The van der Waals surface area contributed by atoms with Gasteiger partial charge in [-0.3, -0.25) is 14.5 Å². The van der Waals surface area contributed by atoms with Gasteiger partial charge in [0.25, 0.3) is 15.9 Å². The van der Waals surface area contributed by atoms with E-state index in [9.17, 15) is 71.5 Å². The Balaban J connectivity index is 0.000000190. The molecule has 2 amide bonds. The van der Waals surface area contributed by atoms with Crippen LogP contribution in [-0.2, 0) is 65.9 Å². The van der Waals surface area contributed by atoms with Crippen LogP contribution in [0.4, 0.5) is 54.4 Å². The van der Waals surface area contributed by atoms with Crippen LogP contribution in [-0.4, -0.2) is 108 Å². The van der Waals surface area contributed by atoms with Crippen LogP contribution in [0, 0.1) is 18.6 Å². The van der Waals surface area contributed by atoms with Gasteiger partial charge < -0.3 is 68.5 Å². The number of hydrogen-bond donors (Lipinski definition) is 4. The van der Waals surface area contributed by atoms with Crippen LogP contribution in [0.15, 0.2) is 339 Å². The van der Waals surface area contributed by atoms with Crippen molar-refractivity contribution in [1.29, 1.82) is 0 Å². The van der Waals surface area contributed by atoms with E-state index in [4.69, 9.17) is 57.8 Å². The van der Waals surface area contributed by atoms with Crippen molar-refractivity contribution < 1.29 is 124 Å². The highest BCUT2D eigenvalue weighted by molar-refractivity contribution is 7.90. The van der Waals surface area contributed by atoms with Gasteiger partial charge in [0.15, 0.2) is 11.6 Å². The first-order valence-electron chi connectivity index (χ1n) is 46.9. The number of ether oxygens (including phenoxy) is 11. The Kier molecular flexibility index (Phi) is 43.2. The summed E-state index contributed by atoms with van der Waals surface area (Å²) in [7, 11) is -0.873. The first-order chi connectivity index (χ1) is 70.8. The second kappa shape index (κ2) is 55.8. The largest absolute Gasteiger partial charge is 0.497 e. The van der Waals surface area contributed by atoms with Crippen molar-refractivity contribution in [3.63, 3.8) is 0 Å². The van der Waals surface area contributed by atoms with Crippen LogP contribution in [0.2, 0.25) is 0 Å². The van der Waals surface area contributed by atoms with E-state index in [1.807, 2.05) is 140 Å². The molecule has 0 saturated carbocycles. The number of para-hydroxylation sites is 2. The number of halogens is 10. The SMILES string of the molecule is C.CC(COc1ccc(Oc2ccccc2)cc1)Oc1ccc(C(C)(F)F)cn1.CCC(C)(C)c1ccc(Oc2ccc(NC(=O)NS(=O)(=O)c3ccc(C)cc3)cc2)cc1.COC(=O)CCN(Cc1ccc(Oc2ccc(OC)cc2)cc1)C1CCOCC1.NCC(=O)CCNCc1ccc(Oc2ccc(F)c(F)c2)cc1C(F)(F)F.O=C(Oc1ccc(Oc2ccccc2)cc1)c1ccccc1-c1ccc(C(F)(F)F)cc1. The van der Waals surface area contributed by atoms with Gasteiger partial charge in [0.2, 0.25) is 5.88 Å². The Morgan fingerprint density at radius 1 is 0.523 bits per heavy atom. The molecule has 2 heterocycles. The number of esters is 2. The number of nitrogens with two attached hydrogens (primary N) is 1. The fourth-order valence-electron chi connectivity index (χ4n) is 14.2. The molecule has 1 aliphatic heterocycles. The minimum atomic E-state index is -4.64. The number of nitrogens with zero attached hydrogens (tertiary/aromatic N) is 2. The number of rotatable bonds is 37. The molecule has 1 fully saturated rings. The maximum absolute atomic E-state index is 13.3. The van der Waals surface area contributed by atoms with Crippen molar-refractivity contribution in [2.24, 2.45) is 5.73 Å². The predicted octanol–water partition coefficient (Wildman–Crippen LogP) is 27.7. The van der Waals surface area contributed by atoms with Crippen molar-refractivity contribution >= 4 is 39.5 Å². The van der Waals surface area contributed by atoms with Gasteiger partial charge in [-0.2, -0.15) is 26.3 Å². The van der Waals surface area contributed by atoms with Crippen molar-refractivity contribution in [2.75, 3.05) is 59.0 Å². The summed E-state index contributed by atoms with van der Waals surface area (Å²) in [4.78, 5) is 53.9. The topological polar surface area (TPSA) is 282 Å². The first-order valence-corrected chi connectivity index (χ1v) is 48.4. The summed E-state index contributed by atoms with van der Waals surface area (Å²) in [6.07, 6.45) is -4.72. The lowest BCUT2D eigenvalue weighted by atomic mass is 9.82. The van der Waals surface area contributed by atoms with E-state index >= 15 is 0 Å². The van der Waals surface area contributed by atoms with E-state index < -0.39 is 63.1 Å². The zero-order valence-corrected chi connectivity index (χ0v) is 83.0. The monoisotopic (exact) mass is 2070 g/mol. The lowest BCUT2D eigenvalue weighted by Crippen LogP contribution is -2.40. The van der Waals surface area contributed by atoms with Crippen LogP contribution in [0.5, 0.6) is 80.6 Å². The molecule has 5 N–H and O–H groups in total. The van der Waals surface area contributed by atoms with Crippen LogP contribution < -0.4 is 63.7 Å². The number of urea groups is 1. The molecule has 1 aromatic heterocycles. The van der Waals surface area contributed by atoms with Gasteiger partial charge in [0.05, 0.1) is 48.8 Å². The minimum Gasteiger partial charge on any atom is -0.497 e. The molecule has 1 saturated heterocycles. The van der Waals surface area contributed by atoms with Crippen molar-refractivity contribution in [3.05, 3.63) is 390 Å². The summed E-state index contributed by atoms with van der Waals surface area (Å²) in [5.41, 5.74) is 8.41. The number of pyridine rings is 1. The Labute approximate surface area is 859 Å². The van der Waals surface area contributed by atoms with Crippen LogP contribution in [0.25, 0.3) is 11.1 Å². The number of Topliss-reactive ketones (excluding diaryl/α,β-unsaturated/α-hetero) is 1. The van der Waals surface area contributed by atoms with Gasteiger partial charge in [-0.15, -0.1) is 0 Å². The molecule has 13 aromatic carbocycles. The standard InChI is InChI=1S/C26H17F3O3.C25H28N2O4S.C23H29NO5.C22H21F2NO3.C18H17F5N2O2.CH4/c27-26(28,29)19-12-10-18(11-13-19)23-8-4-5-9-24(23)25(30)32-22-16-14-21(15-17-22)31-20-6-2-1-3-7-20;1-5-25(3,4)19-8-12-21(13-9-19)31-22-14-10-20(11-15-22)26-24(28)27-32(29,30)23-16-6-18(2)7-17-23;1-26-20-7-9-22(10-8-20)29-21-5-3-18(4-6-21)17-24(14-11-23(25)27-2)19-12-15-28-16-13-19;1-16(27-21-13-8-17(14-25-21)22(2,23)24)15-26-18-9-11-20(12-10-18)28-19-6-4-3-5-7-19;19-16-4-3-14(8-17(16)20)27-13-2-1-11(15(7-13)18(21,22)23)10-25-6-5-12(26)9-24;/h1-17H;6-17H,5H2,1-4H3,(H2,26,27,28);3-10,19H,11-17H2,1-2H3;3-14,16H,15H2,1-2H3;1-4,7-8,25H,5-6,9-10,24H2;1H4. The third-order valence-corrected chi connectivity index (χ3v) is 24.1. The number of alkyl halides is 8.